The average Bonchev–Trinajstić information content (AvgIpc) is 3.46. The number of nitrogens with one attached hydrogen (secondary N) is 1. The van der Waals surface area contributed by atoms with Crippen LogP contribution in [0.2, 0.25) is 0 Å². The summed E-state index contributed by atoms with van der Waals surface area (Å²) in [7, 11) is 0. The standard InChI is InChI=1S/C18H19N9S/c1-4-12-18-25-22-8-26(18)13-7-19-16(23-17(13)27(12)10(2)3)15-14(20-9-28-15)11-5-6-21-24-11/h5-10,12H,4H2,1-3H3,(H,21,24)/t12-/m1/s1. The van der Waals surface area contributed by atoms with Crippen LogP contribution < -0.4 is 4.90 Å². The molecule has 0 aliphatic carbocycles. The maximum Gasteiger partial charge on any atom is 0.174 e. The molecule has 4 aromatic rings. The van der Waals surface area contributed by atoms with Crippen LogP contribution in [0.1, 0.15) is 39.1 Å². The van der Waals surface area contributed by atoms with Crippen molar-refractivity contribution in [1.82, 2.24) is 39.9 Å². The zero-order valence-electron chi connectivity index (χ0n) is 15.7. The summed E-state index contributed by atoms with van der Waals surface area (Å²) in [5, 5.41) is 15.5. The highest BCUT2D eigenvalue weighted by atomic mass is 32.1. The van der Waals surface area contributed by atoms with Gasteiger partial charge in [0.05, 0.1) is 23.4 Å². The fourth-order valence-electron chi connectivity index (χ4n) is 3.73. The number of H-pyrrole nitrogens is 1. The molecule has 0 fully saturated rings. The van der Waals surface area contributed by atoms with Gasteiger partial charge in [-0.2, -0.15) is 5.10 Å². The smallest absolute Gasteiger partial charge is 0.174 e. The number of rotatable bonds is 4. The molecule has 0 unspecified atom stereocenters. The molecular formula is C18H19N9S. The first-order valence-electron chi connectivity index (χ1n) is 9.18. The van der Waals surface area contributed by atoms with Gasteiger partial charge in [-0.25, -0.2) is 15.0 Å². The predicted octanol–water partition coefficient (Wildman–Crippen LogP) is 3.25. The normalized spacial score (nSPS) is 15.7. The molecule has 1 aliphatic rings. The molecule has 1 N–H and O–H groups in total. The number of aromatic nitrogens is 8. The highest BCUT2D eigenvalue weighted by molar-refractivity contribution is 7.13. The Morgan fingerprint density at radius 3 is 2.93 bits per heavy atom. The van der Waals surface area contributed by atoms with Gasteiger partial charge in [-0.05, 0) is 26.3 Å². The van der Waals surface area contributed by atoms with E-state index in [9.17, 15) is 0 Å². The van der Waals surface area contributed by atoms with Gasteiger partial charge in [0, 0.05) is 12.2 Å². The monoisotopic (exact) mass is 393 g/mol. The number of nitrogens with zero attached hydrogens (tertiary/aromatic N) is 8. The molecule has 0 radical (unpaired) electrons. The first-order chi connectivity index (χ1) is 13.7. The average molecular weight is 393 g/mol. The summed E-state index contributed by atoms with van der Waals surface area (Å²) in [4.78, 5) is 17.3. The Hall–Kier alpha value is -3.14. The molecule has 1 atom stereocenters. The molecular weight excluding hydrogens is 374 g/mol. The van der Waals surface area contributed by atoms with Crippen molar-refractivity contribution in [1.29, 1.82) is 0 Å². The van der Waals surface area contributed by atoms with E-state index < -0.39 is 0 Å². The maximum atomic E-state index is 4.98. The van der Waals surface area contributed by atoms with Gasteiger partial charge in [0.25, 0.3) is 0 Å². The Morgan fingerprint density at radius 2 is 2.18 bits per heavy atom. The second-order valence-electron chi connectivity index (χ2n) is 6.89. The second-order valence-corrected chi connectivity index (χ2v) is 7.74. The van der Waals surface area contributed by atoms with E-state index in [1.54, 1.807) is 18.0 Å². The quantitative estimate of drug-likeness (QED) is 0.568. The van der Waals surface area contributed by atoms with Gasteiger partial charge in [-0.3, -0.25) is 9.67 Å². The van der Waals surface area contributed by atoms with E-state index in [0.29, 0.717) is 5.82 Å². The topological polar surface area (TPSA) is 101 Å². The van der Waals surface area contributed by atoms with E-state index >= 15 is 0 Å². The molecule has 5 rings (SSSR count). The molecule has 142 valence electrons. The number of hydrogen-bond acceptors (Lipinski definition) is 8. The van der Waals surface area contributed by atoms with Crippen LogP contribution in [0.15, 0.2) is 30.3 Å². The minimum atomic E-state index is 0.117. The SMILES string of the molecule is CC[C@@H]1c2nncn2-c2cnc(-c3scnc3-c3ccn[nH]3)nc2N1C(C)C. The molecule has 9 nitrogen and oxygen atoms in total. The molecule has 5 heterocycles. The van der Waals surface area contributed by atoms with Crippen LogP contribution >= 0.6 is 11.3 Å². The Bertz CT molecular complexity index is 1110. The largest absolute Gasteiger partial charge is 0.342 e. The molecule has 0 bridgehead atoms. The van der Waals surface area contributed by atoms with Crippen LogP contribution in [0.5, 0.6) is 0 Å². The van der Waals surface area contributed by atoms with Crippen molar-refractivity contribution in [2.75, 3.05) is 4.90 Å². The van der Waals surface area contributed by atoms with Crippen LogP contribution in [0, 0.1) is 0 Å². The van der Waals surface area contributed by atoms with Gasteiger partial charge >= 0.3 is 0 Å². The molecule has 0 aromatic carbocycles. The number of thiazole rings is 1. The van der Waals surface area contributed by atoms with Crippen LogP contribution in [0.4, 0.5) is 5.82 Å². The predicted molar refractivity (Wildman–Crippen MR) is 106 cm³/mol. The Balaban J connectivity index is 1.69. The van der Waals surface area contributed by atoms with Gasteiger partial charge < -0.3 is 4.90 Å². The van der Waals surface area contributed by atoms with E-state index in [2.05, 4.69) is 56.0 Å². The molecule has 1 aliphatic heterocycles. The summed E-state index contributed by atoms with van der Waals surface area (Å²) in [6.45, 7) is 6.50. The zero-order valence-corrected chi connectivity index (χ0v) is 16.6. The molecule has 0 spiro atoms. The summed E-state index contributed by atoms with van der Waals surface area (Å²) >= 11 is 1.52. The maximum absolute atomic E-state index is 4.98. The molecule has 0 saturated heterocycles. The lowest BCUT2D eigenvalue weighted by molar-refractivity contribution is 0.497. The van der Waals surface area contributed by atoms with E-state index in [0.717, 1.165) is 40.0 Å². The van der Waals surface area contributed by atoms with Crippen molar-refractivity contribution in [2.24, 2.45) is 0 Å². The lowest BCUT2D eigenvalue weighted by atomic mass is 10.1. The second kappa shape index (κ2) is 6.48. The van der Waals surface area contributed by atoms with Crippen LogP contribution in [0.25, 0.3) is 27.8 Å². The van der Waals surface area contributed by atoms with Crippen molar-refractivity contribution < 1.29 is 0 Å². The van der Waals surface area contributed by atoms with Crippen LogP contribution in [0.3, 0.4) is 0 Å². The highest BCUT2D eigenvalue weighted by Crippen LogP contribution is 2.41. The van der Waals surface area contributed by atoms with Crippen molar-refractivity contribution in [3.05, 3.63) is 36.1 Å². The Labute approximate surface area is 165 Å². The molecule has 0 saturated carbocycles. The fourth-order valence-corrected chi connectivity index (χ4v) is 4.47. The van der Waals surface area contributed by atoms with Crippen molar-refractivity contribution in [3.63, 3.8) is 0 Å². The van der Waals surface area contributed by atoms with Crippen LogP contribution in [-0.4, -0.2) is 46.0 Å². The van der Waals surface area contributed by atoms with Crippen molar-refractivity contribution >= 4 is 17.2 Å². The van der Waals surface area contributed by atoms with E-state index in [1.807, 2.05) is 16.8 Å². The van der Waals surface area contributed by atoms with Gasteiger partial charge in [-0.15, -0.1) is 21.5 Å². The first kappa shape index (κ1) is 17.0. The fraction of sp³-hybridized carbons (Fsp3) is 0.333. The first-order valence-corrected chi connectivity index (χ1v) is 10.1. The highest BCUT2D eigenvalue weighted by Gasteiger charge is 2.35. The van der Waals surface area contributed by atoms with E-state index in [4.69, 9.17) is 4.98 Å². The third-order valence-corrected chi connectivity index (χ3v) is 5.75. The number of hydrogen-bond donors (Lipinski definition) is 1. The summed E-state index contributed by atoms with van der Waals surface area (Å²) in [5.74, 6) is 2.47. The molecule has 0 amide bonds. The van der Waals surface area contributed by atoms with Crippen molar-refractivity contribution in [3.8, 4) is 27.8 Å². The zero-order chi connectivity index (χ0) is 19.3. The third kappa shape index (κ3) is 2.44. The van der Waals surface area contributed by atoms with Crippen molar-refractivity contribution in [2.45, 2.75) is 39.3 Å². The van der Waals surface area contributed by atoms with Gasteiger partial charge in [0.15, 0.2) is 17.5 Å². The molecule has 10 heteroatoms. The third-order valence-electron chi connectivity index (χ3n) is 4.93. The minimum Gasteiger partial charge on any atom is -0.342 e. The summed E-state index contributed by atoms with van der Waals surface area (Å²) in [6, 6.07) is 2.27. The number of anilines is 1. The van der Waals surface area contributed by atoms with Gasteiger partial charge in [-0.1, -0.05) is 6.92 Å². The van der Waals surface area contributed by atoms with Gasteiger partial charge in [0.1, 0.15) is 22.6 Å². The van der Waals surface area contributed by atoms with Crippen LogP contribution in [-0.2, 0) is 0 Å². The Morgan fingerprint density at radius 1 is 1.29 bits per heavy atom. The van der Waals surface area contributed by atoms with E-state index in [1.165, 1.54) is 11.3 Å². The summed E-state index contributed by atoms with van der Waals surface area (Å²) in [6.07, 6.45) is 6.21. The Kier molecular flexibility index (Phi) is 3.93. The number of fused-ring (bicyclic) bond motifs is 3. The minimum absolute atomic E-state index is 0.117. The number of aromatic amines is 1. The van der Waals surface area contributed by atoms with Gasteiger partial charge in [0.2, 0.25) is 0 Å². The van der Waals surface area contributed by atoms with E-state index in [-0.39, 0.29) is 12.1 Å². The summed E-state index contributed by atoms with van der Waals surface area (Å²) in [5.41, 5.74) is 4.37. The molecule has 28 heavy (non-hydrogen) atoms. The lowest BCUT2D eigenvalue weighted by Crippen LogP contribution is -2.40. The molecule has 4 aromatic heterocycles. The summed E-state index contributed by atoms with van der Waals surface area (Å²) < 4.78 is 1.99. The lowest BCUT2D eigenvalue weighted by Gasteiger charge is -2.39.